The molecule has 0 heterocycles. The molecular weight excluding hydrogens is 565 g/mol. The Bertz CT molecular complexity index is 534. The van der Waals surface area contributed by atoms with E-state index in [-0.39, 0.29) is 0 Å². The van der Waals surface area contributed by atoms with Gasteiger partial charge in [-0.25, -0.2) is 4.99 Å². The molecule has 0 aliphatic heterocycles. The predicted molar refractivity (Wildman–Crippen MR) is 169 cm³/mol. The molecule has 0 aliphatic rings. The van der Waals surface area contributed by atoms with Crippen LogP contribution < -0.4 is 24.9 Å². The van der Waals surface area contributed by atoms with Gasteiger partial charge < -0.3 is 34.0 Å². The molecule has 5 N–H and O–H groups in total. The third kappa shape index (κ3) is 33.5. The van der Waals surface area contributed by atoms with Crippen molar-refractivity contribution in [3.05, 3.63) is 38.0 Å². The zero-order valence-electron chi connectivity index (χ0n) is 21.0. The fraction of sp³-hybridized carbons (Fsp3) is 0.500. The van der Waals surface area contributed by atoms with Crippen molar-refractivity contribution in [1.29, 1.82) is 0 Å². The molecule has 0 spiro atoms. The largest absolute Gasteiger partial charge is 0.376 e. The van der Waals surface area contributed by atoms with Gasteiger partial charge in [0.15, 0.2) is 29.6 Å². The Balaban J connectivity index is -0.000000192. The first-order chi connectivity index (χ1) is 16.3. The lowest BCUT2D eigenvalue weighted by atomic mass is 10.6. The van der Waals surface area contributed by atoms with Crippen molar-refractivity contribution in [3.63, 3.8) is 0 Å². The second kappa shape index (κ2) is 36.9. The predicted octanol–water partition coefficient (Wildman–Crippen LogP) is 0.688. The average Bonchev–Trinajstić information content (AvgIpc) is 2.87. The van der Waals surface area contributed by atoms with E-state index in [1.54, 1.807) is 6.08 Å². The van der Waals surface area contributed by atoms with E-state index in [4.69, 9.17) is 24.4 Å². The van der Waals surface area contributed by atoms with Gasteiger partial charge in [0.1, 0.15) is 9.68 Å². The number of aliphatic imine (C=N–C) groups is 1. The van der Waals surface area contributed by atoms with Gasteiger partial charge in [0.05, 0.1) is 11.7 Å². The molecule has 0 aromatic heterocycles. The second-order valence-electron chi connectivity index (χ2n) is 5.08. The van der Waals surface area contributed by atoms with Crippen molar-refractivity contribution < 1.29 is 0 Å². The van der Waals surface area contributed by atoms with E-state index in [0.29, 0.717) is 45.6 Å². The van der Waals surface area contributed by atoms with E-state index in [9.17, 15) is 0 Å². The first-order valence-corrected chi connectivity index (χ1v) is 17.5. The molecule has 16 heteroatoms. The minimum atomic E-state index is 0.483. The molecule has 10 radical (unpaired) electrons. The molecule has 0 atom stereocenters. The van der Waals surface area contributed by atoms with Crippen LogP contribution in [0.25, 0.3) is 0 Å². The lowest BCUT2D eigenvalue weighted by Gasteiger charge is -2.21. The normalized spacial score (nSPS) is 8.41. The minimum absolute atomic E-state index is 0.483. The Labute approximate surface area is 237 Å². The van der Waals surface area contributed by atoms with Crippen LogP contribution in [0.2, 0.25) is 19.6 Å². The van der Waals surface area contributed by atoms with Gasteiger partial charge in [-0.3, -0.25) is 0 Å². The lowest BCUT2D eigenvalue weighted by Crippen LogP contribution is -2.45. The fourth-order valence-electron chi connectivity index (χ4n) is 1.28. The zero-order valence-corrected chi connectivity index (χ0v) is 28.5. The fourth-order valence-corrected chi connectivity index (χ4v) is 4.45. The van der Waals surface area contributed by atoms with Gasteiger partial charge in [0.2, 0.25) is 0 Å². The number of hydrogen-bond acceptors (Lipinski definition) is 7. The summed E-state index contributed by atoms with van der Waals surface area (Å²) in [5, 5.41) is 3.80. The topological polar surface area (TPSA) is 79.0 Å². The van der Waals surface area contributed by atoms with Crippen LogP contribution in [0.3, 0.4) is 0 Å². The summed E-state index contributed by atoms with van der Waals surface area (Å²) >= 11 is 14.5. The molecular formula is C18H38N8S3Si5. The third-order valence-corrected chi connectivity index (χ3v) is 7.85. The van der Waals surface area contributed by atoms with Crippen LogP contribution in [-0.2, 0) is 0 Å². The zero-order chi connectivity index (χ0) is 27.0. The molecule has 0 aliphatic carbocycles. The Morgan fingerprint density at radius 1 is 0.824 bits per heavy atom. The Hall–Kier alpha value is -0.636. The van der Waals surface area contributed by atoms with E-state index in [0.717, 1.165) is 33.0 Å². The molecule has 0 unspecified atom stereocenters. The summed E-state index contributed by atoms with van der Waals surface area (Å²) in [6.07, 6.45) is 5.37. The molecule has 0 fully saturated rings. The summed E-state index contributed by atoms with van der Waals surface area (Å²) < 4.78 is 4.15. The number of nitrogens with zero attached hydrogens (tertiary/aromatic N) is 3. The van der Waals surface area contributed by atoms with Crippen LogP contribution in [0.5, 0.6) is 0 Å². The van der Waals surface area contributed by atoms with E-state index >= 15 is 0 Å². The van der Waals surface area contributed by atoms with E-state index in [1.165, 1.54) is 0 Å². The van der Waals surface area contributed by atoms with Crippen LogP contribution in [-0.4, -0.2) is 114 Å². The summed E-state index contributed by atoms with van der Waals surface area (Å²) in [5.41, 5.74) is 0. The molecule has 188 valence electrons. The van der Waals surface area contributed by atoms with E-state index in [2.05, 4.69) is 95.8 Å². The second-order valence-corrected chi connectivity index (χ2v) is 11.0. The smallest absolute Gasteiger partial charge is 0.287 e. The van der Waals surface area contributed by atoms with Crippen molar-refractivity contribution >= 4 is 101 Å². The maximum atomic E-state index is 5.15. The molecule has 34 heavy (non-hydrogen) atoms. The van der Waals surface area contributed by atoms with Crippen molar-refractivity contribution in [2.75, 3.05) is 40.8 Å². The molecule has 0 amide bonds. The van der Waals surface area contributed by atoms with Crippen molar-refractivity contribution in [2.45, 2.75) is 19.6 Å². The summed E-state index contributed by atoms with van der Waals surface area (Å²) in [4.78, 5) is 18.7. The molecule has 8 nitrogen and oxygen atoms in total. The lowest BCUT2D eigenvalue weighted by molar-refractivity contribution is 0.719. The summed E-state index contributed by atoms with van der Waals surface area (Å²) in [6, 6.07) is 0. The maximum absolute atomic E-state index is 5.15. The van der Waals surface area contributed by atoms with Gasteiger partial charge in [0, 0.05) is 13.1 Å². The molecule has 0 aromatic carbocycles. The average molecular weight is 603 g/mol. The number of thiocarbonyl (C=S) groups is 3. The number of rotatable bonds is 13. The highest BCUT2D eigenvalue weighted by Crippen LogP contribution is 1.87. The quantitative estimate of drug-likeness (QED) is 0.0900. The number of isothiocyanates is 1. The van der Waals surface area contributed by atoms with Gasteiger partial charge >= 0.3 is 0 Å². The van der Waals surface area contributed by atoms with Crippen LogP contribution in [0, 0.1) is 0 Å². The van der Waals surface area contributed by atoms with Gasteiger partial charge in [-0.15, -0.1) is 19.7 Å². The highest BCUT2D eigenvalue weighted by molar-refractivity contribution is 7.80. The first kappa shape index (κ1) is 40.5. The van der Waals surface area contributed by atoms with Gasteiger partial charge in [-0.2, -0.15) is 0 Å². The molecule has 0 bridgehead atoms. The third-order valence-electron chi connectivity index (χ3n) is 2.78. The van der Waals surface area contributed by atoms with Gasteiger partial charge in [-0.1, -0.05) is 37.9 Å². The van der Waals surface area contributed by atoms with Crippen LogP contribution in [0.4, 0.5) is 0 Å². The molecule has 0 rings (SSSR count). The van der Waals surface area contributed by atoms with E-state index in [1.807, 2.05) is 33.3 Å². The van der Waals surface area contributed by atoms with E-state index < -0.39 is 0 Å². The highest BCUT2D eigenvalue weighted by Gasteiger charge is 2.05. The van der Waals surface area contributed by atoms with Crippen LogP contribution in [0.15, 0.2) is 43.0 Å². The van der Waals surface area contributed by atoms with Crippen molar-refractivity contribution in [1.82, 2.24) is 34.0 Å². The Kier molecular flexibility index (Phi) is 44.0. The highest BCUT2D eigenvalue weighted by atomic mass is 32.1. The van der Waals surface area contributed by atoms with Gasteiger partial charge in [0.25, 0.3) is 19.7 Å². The van der Waals surface area contributed by atoms with Crippen LogP contribution >= 0.6 is 36.7 Å². The Morgan fingerprint density at radius 3 is 1.38 bits per heavy atom. The monoisotopic (exact) mass is 602 g/mol. The summed E-state index contributed by atoms with van der Waals surface area (Å²) in [6.45, 7) is 19.3. The maximum Gasteiger partial charge on any atom is 0.287 e. The van der Waals surface area contributed by atoms with Crippen molar-refractivity contribution in [2.24, 2.45) is 4.99 Å². The molecule has 0 saturated carbocycles. The summed E-state index contributed by atoms with van der Waals surface area (Å²) in [5.74, 6) is 0. The van der Waals surface area contributed by atoms with Crippen LogP contribution in [0.1, 0.15) is 0 Å². The standard InChI is InChI=1S/2C6H13N3SSi2.C4H5NS.C2H7NSi/c2*1-4-5-9(11-3)6(10)8-12-7-2;1-2-3-5-4-6;1-3-4-2/h2*4,7H,1,5H2,2-3H3,(H,8,10);2H,1,3H2;3H,1-2H3. The first-order valence-electron chi connectivity index (χ1n) is 9.88. The Morgan fingerprint density at radius 2 is 1.21 bits per heavy atom. The number of hydrogen-bond donors (Lipinski definition) is 5. The molecule has 0 aromatic rings. The van der Waals surface area contributed by atoms with Crippen molar-refractivity contribution in [3.8, 4) is 0 Å². The summed E-state index contributed by atoms with van der Waals surface area (Å²) in [7, 11) is 8.94. The SMILES string of the molecule is C=CCN([Si]C)C(=S)N[Si]NC.C=CCN([Si]C)C(=S)N[Si]NC.C=CCN=C=S.CN[Si]C. The number of nitrogens with one attached hydrogen (secondary N) is 5. The van der Waals surface area contributed by atoms with Gasteiger partial charge in [-0.05, 0) is 57.8 Å². The minimum Gasteiger partial charge on any atom is -0.376 e. The molecule has 0 saturated heterocycles.